The summed E-state index contributed by atoms with van der Waals surface area (Å²) in [6, 6.07) is 9.65. The van der Waals surface area contributed by atoms with E-state index in [1.165, 1.54) is 0 Å². The normalized spacial score (nSPS) is 15.9. The van der Waals surface area contributed by atoms with E-state index in [1.807, 2.05) is 58.0 Å². The number of carbonyl (C=O) groups excluding carboxylic acids is 1. The van der Waals surface area contributed by atoms with E-state index in [2.05, 4.69) is 9.88 Å². The molecule has 4 rings (SSSR count). The van der Waals surface area contributed by atoms with Crippen molar-refractivity contribution in [2.45, 2.75) is 52.7 Å². The Morgan fingerprint density at radius 3 is 2.69 bits per heavy atom. The summed E-state index contributed by atoms with van der Waals surface area (Å²) in [6.07, 6.45) is 1.60. The molecule has 0 unspecified atom stereocenters. The first-order valence-electron chi connectivity index (χ1n) is 11.0. The largest absolute Gasteiger partial charge is 0.460 e. The van der Waals surface area contributed by atoms with Crippen LogP contribution in [0.15, 0.2) is 34.7 Å². The fourth-order valence-electron chi connectivity index (χ4n) is 4.11. The molecular formula is C25H28BClN2O3. The van der Waals surface area contributed by atoms with Crippen LogP contribution in [-0.2, 0) is 16.1 Å². The number of benzene rings is 2. The number of hydrogen-bond acceptors (Lipinski definition) is 5. The van der Waals surface area contributed by atoms with Crippen LogP contribution in [0.5, 0.6) is 0 Å². The summed E-state index contributed by atoms with van der Waals surface area (Å²) < 4.78 is 11.5. The summed E-state index contributed by atoms with van der Waals surface area (Å²) in [4.78, 5) is 19.4. The number of fused-ring (bicyclic) bond motifs is 1. The number of esters is 1. The van der Waals surface area contributed by atoms with Crippen LogP contribution in [0.1, 0.15) is 44.7 Å². The third kappa shape index (κ3) is 5.02. The fraction of sp³-hybridized carbons (Fsp3) is 0.440. The number of ether oxygens (including phenoxy) is 1. The molecule has 2 radical (unpaired) electrons. The van der Waals surface area contributed by atoms with Crippen LogP contribution in [0.4, 0.5) is 0 Å². The Morgan fingerprint density at radius 2 is 2.00 bits per heavy atom. The van der Waals surface area contributed by atoms with Crippen molar-refractivity contribution >= 4 is 42.0 Å². The van der Waals surface area contributed by atoms with Gasteiger partial charge >= 0.3 is 5.97 Å². The Morgan fingerprint density at radius 1 is 1.28 bits per heavy atom. The highest BCUT2D eigenvalue weighted by atomic mass is 35.5. The molecule has 5 nitrogen and oxygen atoms in total. The molecule has 0 bridgehead atoms. The lowest BCUT2D eigenvalue weighted by Crippen LogP contribution is -2.38. The van der Waals surface area contributed by atoms with E-state index in [0.717, 1.165) is 54.7 Å². The number of hydrogen-bond donors (Lipinski definition) is 0. The van der Waals surface area contributed by atoms with Gasteiger partial charge in [-0.05, 0) is 83.0 Å². The molecule has 1 aliphatic rings. The van der Waals surface area contributed by atoms with Gasteiger partial charge in [0.15, 0.2) is 5.58 Å². The zero-order valence-corrected chi connectivity index (χ0v) is 19.8. The standard InChI is InChI=1S/C25H28BClN2O3/c1-15-18(6-5-7-19(15)26)23-28-21-13-16(12-20(27)22(21)31-23)14-29-10-8-17(9-11-29)24(30)32-25(2,3)4/h5-7,12-13,17H,8-11,14H2,1-4H3. The molecule has 2 aromatic carbocycles. The third-order valence-electron chi connectivity index (χ3n) is 5.84. The monoisotopic (exact) mass is 450 g/mol. The topological polar surface area (TPSA) is 55.6 Å². The molecule has 0 spiro atoms. The van der Waals surface area contributed by atoms with Gasteiger partial charge in [0.25, 0.3) is 0 Å². The van der Waals surface area contributed by atoms with Crippen LogP contribution in [0.25, 0.3) is 22.6 Å². The van der Waals surface area contributed by atoms with Crippen LogP contribution in [-0.4, -0.2) is 42.4 Å². The third-order valence-corrected chi connectivity index (χ3v) is 6.13. The van der Waals surface area contributed by atoms with Crippen LogP contribution in [0.3, 0.4) is 0 Å². The van der Waals surface area contributed by atoms with Gasteiger partial charge in [-0.1, -0.05) is 29.2 Å². The van der Waals surface area contributed by atoms with Crippen molar-refractivity contribution in [1.29, 1.82) is 0 Å². The fourth-order valence-corrected chi connectivity index (χ4v) is 4.38. The lowest BCUT2D eigenvalue weighted by atomic mass is 9.88. The van der Waals surface area contributed by atoms with Gasteiger partial charge in [0.1, 0.15) is 19.0 Å². The Kier molecular flexibility index (Phi) is 6.37. The highest BCUT2D eigenvalue weighted by Gasteiger charge is 2.29. The average Bonchev–Trinajstić information content (AvgIpc) is 3.14. The Labute approximate surface area is 195 Å². The second-order valence-corrected chi connectivity index (χ2v) is 9.96. The van der Waals surface area contributed by atoms with Gasteiger partial charge in [-0.15, -0.1) is 0 Å². The molecule has 7 heteroatoms. The zero-order chi connectivity index (χ0) is 23.0. The molecule has 1 fully saturated rings. The molecule has 0 aliphatic carbocycles. The zero-order valence-electron chi connectivity index (χ0n) is 19.1. The highest BCUT2D eigenvalue weighted by molar-refractivity contribution is 6.35. The van der Waals surface area contributed by atoms with Crippen molar-refractivity contribution in [3.8, 4) is 11.5 Å². The van der Waals surface area contributed by atoms with E-state index in [-0.39, 0.29) is 11.9 Å². The number of piperidine rings is 1. The van der Waals surface area contributed by atoms with Crippen molar-refractivity contribution in [3.63, 3.8) is 0 Å². The summed E-state index contributed by atoms with van der Waals surface area (Å²) >= 11 is 6.54. The van der Waals surface area contributed by atoms with Gasteiger partial charge in [0, 0.05) is 12.1 Å². The van der Waals surface area contributed by atoms with Gasteiger partial charge in [0.05, 0.1) is 10.9 Å². The van der Waals surface area contributed by atoms with Gasteiger partial charge in [-0.2, -0.15) is 0 Å². The lowest BCUT2D eigenvalue weighted by molar-refractivity contribution is -0.161. The van der Waals surface area contributed by atoms with E-state index in [1.54, 1.807) is 0 Å². The summed E-state index contributed by atoms with van der Waals surface area (Å²) in [5.41, 5.74) is 4.43. The Balaban J connectivity index is 1.47. The van der Waals surface area contributed by atoms with E-state index < -0.39 is 5.60 Å². The molecule has 3 aromatic rings. The maximum absolute atomic E-state index is 12.3. The van der Waals surface area contributed by atoms with Gasteiger partial charge in [0.2, 0.25) is 5.89 Å². The van der Waals surface area contributed by atoms with Crippen LogP contribution >= 0.6 is 11.6 Å². The number of likely N-dealkylation sites (tertiary alicyclic amines) is 1. The number of carbonyl (C=O) groups is 1. The minimum Gasteiger partial charge on any atom is -0.460 e. The van der Waals surface area contributed by atoms with Crippen molar-refractivity contribution < 1.29 is 13.9 Å². The molecule has 1 saturated heterocycles. The molecule has 0 saturated carbocycles. The number of nitrogens with zero attached hydrogens (tertiary/aromatic N) is 2. The second-order valence-electron chi connectivity index (χ2n) is 9.55. The van der Waals surface area contributed by atoms with Gasteiger partial charge < -0.3 is 9.15 Å². The number of rotatable bonds is 4. The first-order chi connectivity index (χ1) is 15.1. The van der Waals surface area contributed by atoms with Gasteiger partial charge in [-0.3, -0.25) is 9.69 Å². The van der Waals surface area contributed by atoms with Crippen LogP contribution in [0.2, 0.25) is 5.02 Å². The van der Waals surface area contributed by atoms with Crippen molar-refractivity contribution in [2.24, 2.45) is 5.92 Å². The number of halogens is 1. The first kappa shape index (κ1) is 22.9. The molecule has 166 valence electrons. The predicted molar refractivity (Wildman–Crippen MR) is 128 cm³/mol. The maximum atomic E-state index is 12.3. The molecule has 2 heterocycles. The molecule has 0 amide bonds. The lowest BCUT2D eigenvalue weighted by Gasteiger charge is -2.32. The first-order valence-corrected chi connectivity index (χ1v) is 11.4. The molecular weight excluding hydrogens is 423 g/mol. The van der Waals surface area contributed by atoms with E-state index >= 15 is 0 Å². The Bertz CT molecular complexity index is 1140. The Hall–Kier alpha value is -2.31. The number of oxazole rings is 1. The summed E-state index contributed by atoms with van der Waals surface area (Å²) in [7, 11) is 6.04. The van der Waals surface area contributed by atoms with Crippen molar-refractivity contribution in [3.05, 3.63) is 46.5 Å². The minimum absolute atomic E-state index is 0.0313. The smallest absolute Gasteiger partial charge is 0.309 e. The quantitative estimate of drug-likeness (QED) is 0.422. The predicted octanol–water partition coefficient (Wildman–Crippen LogP) is 4.80. The molecule has 0 N–H and O–H groups in total. The van der Waals surface area contributed by atoms with E-state index in [9.17, 15) is 4.79 Å². The number of aromatic nitrogens is 1. The maximum Gasteiger partial charge on any atom is 0.309 e. The molecule has 32 heavy (non-hydrogen) atoms. The van der Waals surface area contributed by atoms with E-state index in [0.29, 0.717) is 22.0 Å². The van der Waals surface area contributed by atoms with E-state index in [4.69, 9.17) is 28.6 Å². The minimum atomic E-state index is -0.444. The second kappa shape index (κ2) is 8.91. The summed E-state index contributed by atoms with van der Waals surface area (Å²) in [5.74, 6) is 0.395. The van der Waals surface area contributed by atoms with Crippen LogP contribution < -0.4 is 5.46 Å². The van der Waals surface area contributed by atoms with Crippen LogP contribution in [0, 0.1) is 12.8 Å². The average molecular weight is 451 g/mol. The molecule has 1 aromatic heterocycles. The summed E-state index contributed by atoms with van der Waals surface area (Å²) in [5, 5.41) is 0.543. The summed E-state index contributed by atoms with van der Waals surface area (Å²) in [6.45, 7) is 10.1. The highest BCUT2D eigenvalue weighted by Crippen LogP contribution is 2.32. The molecule has 0 atom stereocenters. The van der Waals surface area contributed by atoms with Gasteiger partial charge in [-0.25, -0.2) is 4.98 Å². The molecule has 1 aliphatic heterocycles. The van der Waals surface area contributed by atoms with Crippen molar-refractivity contribution in [1.82, 2.24) is 9.88 Å². The SMILES string of the molecule is [B]c1cccc(-c2nc3cc(CN4CCC(C(=O)OC(C)(C)C)CC4)cc(Cl)c3o2)c1C. The van der Waals surface area contributed by atoms with Crippen molar-refractivity contribution in [2.75, 3.05) is 13.1 Å².